The van der Waals surface area contributed by atoms with Crippen LogP contribution in [0.3, 0.4) is 0 Å². The van der Waals surface area contributed by atoms with E-state index in [1.165, 1.54) is 12.3 Å². The lowest BCUT2D eigenvalue weighted by Gasteiger charge is -2.08. The molecule has 0 fully saturated rings. The Bertz CT molecular complexity index is 733. The van der Waals surface area contributed by atoms with Crippen LogP contribution in [-0.2, 0) is 0 Å². The largest absolute Gasteiger partial charge is 0.339 e. The molecule has 0 radical (unpaired) electrons. The summed E-state index contributed by atoms with van der Waals surface area (Å²) in [6, 6.07) is 15.9. The predicted molar refractivity (Wildman–Crippen MR) is 79.2 cm³/mol. The van der Waals surface area contributed by atoms with Gasteiger partial charge in [0.05, 0.1) is 11.9 Å². The van der Waals surface area contributed by atoms with Crippen molar-refractivity contribution < 1.29 is 4.39 Å². The van der Waals surface area contributed by atoms with Crippen molar-refractivity contribution in [2.45, 2.75) is 0 Å². The Hall–Kier alpha value is -3.02. The molecule has 0 aliphatic carbocycles. The van der Waals surface area contributed by atoms with E-state index in [0.29, 0.717) is 11.5 Å². The summed E-state index contributed by atoms with van der Waals surface area (Å²) in [6.07, 6.45) is 1.50. The number of nitrogens with one attached hydrogen (secondary N) is 2. The van der Waals surface area contributed by atoms with Gasteiger partial charge in [0, 0.05) is 5.69 Å². The van der Waals surface area contributed by atoms with E-state index in [0.717, 1.165) is 5.69 Å². The molecule has 1 heterocycles. The SMILES string of the molecule is Fc1ccccc1Nc1nncc(Nc2ccccc2)n1. The highest BCUT2D eigenvalue weighted by Gasteiger charge is 2.05. The Balaban J connectivity index is 1.79. The molecular weight excluding hydrogens is 269 g/mol. The molecule has 0 atom stereocenters. The average molecular weight is 281 g/mol. The van der Waals surface area contributed by atoms with Gasteiger partial charge in [-0.2, -0.15) is 10.1 Å². The van der Waals surface area contributed by atoms with Crippen molar-refractivity contribution in [2.75, 3.05) is 10.6 Å². The number of halogens is 1. The van der Waals surface area contributed by atoms with Crippen LogP contribution in [0.2, 0.25) is 0 Å². The molecule has 0 unspecified atom stereocenters. The van der Waals surface area contributed by atoms with Crippen LogP contribution in [0.1, 0.15) is 0 Å². The Labute approximate surface area is 120 Å². The molecule has 2 N–H and O–H groups in total. The van der Waals surface area contributed by atoms with Crippen LogP contribution in [0.5, 0.6) is 0 Å². The summed E-state index contributed by atoms with van der Waals surface area (Å²) in [5, 5.41) is 13.6. The zero-order chi connectivity index (χ0) is 14.5. The van der Waals surface area contributed by atoms with Crippen molar-refractivity contribution in [3.63, 3.8) is 0 Å². The second-order valence-corrected chi connectivity index (χ2v) is 4.26. The van der Waals surface area contributed by atoms with Gasteiger partial charge in [-0.15, -0.1) is 5.10 Å². The van der Waals surface area contributed by atoms with Crippen LogP contribution in [0, 0.1) is 5.82 Å². The van der Waals surface area contributed by atoms with Crippen LogP contribution in [0.4, 0.5) is 27.5 Å². The molecule has 0 bridgehead atoms. The minimum absolute atomic E-state index is 0.223. The molecule has 0 aliphatic heterocycles. The second-order valence-electron chi connectivity index (χ2n) is 4.26. The van der Waals surface area contributed by atoms with Gasteiger partial charge >= 0.3 is 0 Å². The van der Waals surface area contributed by atoms with Crippen LogP contribution in [0.15, 0.2) is 60.8 Å². The Morgan fingerprint density at radius 2 is 1.62 bits per heavy atom. The second kappa shape index (κ2) is 5.96. The minimum atomic E-state index is -0.373. The van der Waals surface area contributed by atoms with Gasteiger partial charge in [0.15, 0.2) is 5.82 Å². The fourth-order valence-electron chi connectivity index (χ4n) is 1.77. The number of para-hydroxylation sites is 2. The molecule has 0 aliphatic rings. The van der Waals surface area contributed by atoms with Crippen LogP contribution >= 0.6 is 0 Å². The van der Waals surface area contributed by atoms with E-state index in [-0.39, 0.29) is 11.8 Å². The monoisotopic (exact) mass is 281 g/mol. The first kappa shape index (κ1) is 13.0. The molecule has 0 amide bonds. The molecule has 5 nitrogen and oxygen atoms in total. The van der Waals surface area contributed by atoms with Crippen molar-refractivity contribution >= 4 is 23.1 Å². The number of rotatable bonds is 4. The van der Waals surface area contributed by atoms with Crippen molar-refractivity contribution in [2.24, 2.45) is 0 Å². The Kier molecular flexibility index (Phi) is 3.68. The average Bonchev–Trinajstić information content (AvgIpc) is 2.51. The zero-order valence-corrected chi connectivity index (χ0v) is 11.0. The highest BCUT2D eigenvalue weighted by molar-refractivity contribution is 5.58. The number of benzene rings is 2. The highest BCUT2D eigenvalue weighted by atomic mass is 19.1. The lowest BCUT2D eigenvalue weighted by atomic mass is 10.3. The van der Waals surface area contributed by atoms with Crippen LogP contribution in [0.25, 0.3) is 0 Å². The first-order valence-corrected chi connectivity index (χ1v) is 6.34. The molecule has 2 aromatic carbocycles. The number of hydrogen-bond donors (Lipinski definition) is 2. The summed E-state index contributed by atoms with van der Waals surface area (Å²) in [7, 11) is 0. The standard InChI is InChI=1S/C15H12FN5/c16-12-8-4-5-9-13(12)19-15-20-14(10-17-21-15)18-11-6-2-1-3-7-11/h1-10H,(H2,18,19,20,21). The van der Waals surface area contributed by atoms with Gasteiger partial charge in [0.1, 0.15) is 5.82 Å². The van der Waals surface area contributed by atoms with Crippen molar-refractivity contribution in [3.05, 3.63) is 66.6 Å². The van der Waals surface area contributed by atoms with Gasteiger partial charge in [0.2, 0.25) is 5.95 Å². The van der Waals surface area contributed by atoms with E-state index in [9.17, 15) is 4.39 Å². The van der Waals surface area contributed by atoms with Crippen molar-refractivity contribution in [3.8, 4) is 0 Å². The topological polar surface area (TPSA) is 62.7 Å². The smallest absolute Gasteiger partial charge is 0.249 e. The summed E-state index contributed by atoms with van der Waals surface area (Å²) in [5.41, 5.74) is 1.19. The van der Waals surface area contributed by atoms with E-state index < -0.39 is 0 Å². The zero-order valence-electron chi connectivity index (χ0n) is 11.0. The van der Waals surface area contributed by atoms with E-state index >= 15 is 0 Å². The van der Waals surface area contributed by atoms with E-state index in [2.05, 4.69) is 25.8 Å². The molecule has 3 rings (SSSR count). The van der Waals surface area contributed by atoms with Gasteiger partial charge in [0.25, 0.3) is 0 Å². The Morgan fingerprint density at radius 1 is 0.857 bits per heavy atom. The van der Waals surface area contributed by atoms with E-state index in [4.69, 9.17) is 0 Å². The lowest BCUT2D eigenvalue weighted by molar-refractivity contribution is 0.631. The molecule has 21 heavy (non-hydrogen) atoms. The summed E-state index contributed by atoms with van der Waals surface area (Å²) in [4.78, 5) is 4.24. The molecule has 0 saturated carbocycles. The molecule has 3 aromatic rings. The molecule has 0 spiro atoms. The third-order valence-electron chi connectivity index (χ3n) is 2.73. The first-order chi connectivity index (χ1) is 10.3. The van der Waals surface area contributed by atoms with E-state index in [1.54, 1.807) is 18.2 Å². The normalized spacial score (nSPS) is 10.1. The first-order valence-electron chi connectivity index (χ1n) is 6.34. The molecule has 104 valence electrons. The Morgan fingerprint density at radius 3 is 2.43 bits per heavy atom. The fourth-order valence-corrected chi connectivity index (χ4v) is 1.77. The lowest BCUT2D eigenvalue weighted by Crippen LogP contribution is -2.03. The number of anilines is 4. The summed E-state index contributed by atoms with van der Waals surface area (Å²) >= 11 is 0. The van der Waals surface area contributed by atoms with Gasteiger partial charge in [-0.1, -0.05) is 30.3 Å². The van der Waals surface area contributed by atoms with Crippen LogP contribution in [-0.4, -0.2) is 15.2 Å². The van der Waals surface area contributed by atoms with Crippen LogP contribution < -0.4 is 10.6 Å². The van der Waals surface area contributed by atoms with E-state index in [1.807, 2.05) is 30.3 Å². The maximum absolute atomic E-state index is 13.6. The third-order valence-corrected chi connectivity index (χ3v) is 2.73. The molecule has 6 heteroatoms. The summed E-state index contributed by atoms with van der Waals surface area (Å²) in [5.74, 6) is 0.374. The third kappa shape index (κ3) is 3.30. The minimum Gasteiger partial charge on any atom is -0.339 e. The number of nitrogens with zero attached hydrogens (tertiary/aromatic N) is 3. The maximum atomic E-state index is 13.6. The van der Waals surface area contributed by atoms with Gasteiger partial charge < -0.3 is 10.6 Å². The fraction of sp³-hybridized carbons (Fsp3) is 0. The summed E-state index contributed by atoms with van der Waals surface area (Å²) in [6.45, 7) is 0. The maximum Gasteiger partial charge on any atom is 0.249 e. The highest BCUT2D eigenvalue weighted by Crippen LogP contribution is 2.18. The molecule has 0 saturated heterocycles. The number of hydrogen-bond acceptors (Lipinski definition) is 5. The quantitative estimate of drug-likeness (QED) is 0.766. The van der Waals surface area contributed by atoms with Crippen molar-refractivity contribution in [1.29, 1.82) is 0 Å². The van der Waals surface area contributed by atoms with Gasteiger partial charge in [-0.3, -0.25) is 0 Å². The molecular formula is C15H12FN5. The summed E-state index contributed by atoms with van der Waals surface area (Å²) < 4.78 is 13.6. The van der Waals surface area contributed by atoms with Gasteiger partial charge in [-0.25, -0.2) is 4.39 Å². The van der Waals surface area contributed by atoms with Crippen molar-refractivity contribution in [1.82, 2.24) is 15.2 Å². The predicted octanol–water partition coefficient (Wildman–Crippen LogP) is 3.50. The number of aromatic nitrogens is 3. The van der Waals surface area contributed by atoms with Gasteiger partial charge in [-0.05, 0) is 24.3 Å². The molecule has 1 aromatic heterocycles.